The summed E-state index contributed by atoms with van der Waals surface area (Å²) >= 11 is 0. The molecule has 0 N–H and O–H groups in total. The highest BCUT2D eigenvalue weighted by molar-refractivity contribution is 4.42. The predicted molar refractivity (Wildman–Crippen MR) is 56.3 cm³/mol. The van der Waals surface area contributed by atoms with Crippen LogP contribution in [0.25, 0.3) is 0 Å². The molecule has 0 saturated carbocycles. The maximum Gasteiger partial charge on any atom is 1.00 e. The number of hydrogen-bond acceptors (Lipinski definition) is 0. The molecule has 0 saturated heterocycles. The molecule has 0 aliphatic carbocycles. The molecular formula is C11H26BrN+2. The van der Waals surface area contributed by atoms with Crippen molar-refractivity contribution in [3.63, 3.8) is 0 Å². The smallest absolute Gasteiger partial charge is 0.331 e. The zero-order chi connectivity index (χ0) is 9.45. The Bertz CT molecular complexity index is 96.8. The third kappa shape index (κ3) is 15.2. The molecular weight excluding hydrogens is 226 g/mol. The van der Waals surface area contributed by atoms with E-state index in [1.165, 1.54) is 45.1 Å². The molecule has 0 aliphatic heterocycles. The third-order valence-electron chi connectivity index (χ3n) is 2.18. The fourth-order valence-corrected chi connectivity index (χ4v) is 1.37. The van der Waals surface area contributed by atoms with E-state index >= 15 is 0 Å². The first-order chi connectivity index (χ1) is 5.56. The lowest BCUT2D eigenvalue weighted by Gasteiger charge is -2.23. The van der Waals surface area contributed by atoms with Crippen LogP contribution in [0.4, 0.5) is 0 Å². The summed E-state index contributed by atoms with van der Waals surface area (Å²) in [6.07, 6.45) is 8.48. The summed E-state index contributed by atoms with van der Waals surface area (Å²) in [5.41, 5.74) is 0. The maximum absolute atomic E-state index is 2.27. The molecule has 2 radical (unpaired) electrons. The van der Waals surface area contributed by atoms with Crippen LogP contribution >= 0.6 is 0 Å². The average molecular weight is 252 g/mol. The standard InChI is InChI=1S/C11H26N.Br/c1-5-6-7-8-9-10-11-12(2,3)4;/h5-11H2,1-4H3;/q2*+1. The van der Waals surface area contributed by atoms with Crippen LogP contribution < -0.4 is 0 Å². The van der Waals surface area contributed by atoms with Gasteiger partial charge in [0, 0.05) is 0 Å². The van der Waals surface area contributed by atoms with Crippen LogP contribution in [0.1, 0.15) is 45.4 Å². The van der Waals surface area contributed by atoms with Crippen molar-refractivity contribution in [2.45, 2.75) is 45.4 Å². The summed E-state index contributed by atoms with van der Waals surface area (Å²) < 4.78 is 1.12. The van der Waals surface area contributed by atoms with Gasteiger partial charge in [0.25, 0.3) is 0 Å². The van der Waals surface area contributed by atoms with Gasteiger partial charge in [-0.15, -0.1) is 0 Å². The molecule has 0 bridgehead atoms. The van der Waals surface area contributed by atoms with Gasteiger partial charge < -0.3 is 4.48 Å². The van der Waals surface area contributed by atoms with Crippen LogP contribution in [0.3, 0.4) is 0 Å². The summed E-state index contributed by atoms with van der Waals surface area (Å²) in [6.45, 7) is 3.60. The molecule has 0 unspecified atom stereocenters. The van der Waals surface area contributed by atoms with Crippen LogP contribution in [0.15, 0.2) is 0 Å². The Morgan fingerprint density at radius 2 is 1.23 bits per heavy atom. The minimum absolute atomic E-state index is 0. The van der Waals surface area contributed by atoms with Gasteiger partial charge in [-0.25, -0.2) is 0 Å². The minimum atomic E-state index is 0. The quantitative estimate of drug-likeness (QED) is 0.482. The van der Waals surface area contributed by atoms with E-state index < -0.39 is 0 Å². The Morgan fingerprint density at radius 1 is 0.769 bits per heavy atom. The molecule has 0 aromatic rings. The molecule has 0 amide bonds. The monoisotopic (exact) mass is 251 g/mol. The van der Waals surface area contributed by atoms with E-state index in [-0.39, 0.29) is 17.0 Å². The molecule has 0 rings (SSSR count). The van der Waals surface area contributed by atoms with E-state index in [0.29, 0.717) is 0 Å². The highest BCUT2D eigenvalue weighted by atomic mass is 79.9. The molecule has 0 heterocycles. The van der Waals surface area contributed by atoms with Crippen LogP contribution in [0.2, 0.25) is 0 Å². The Balaban J connectivity index is 0. The van der Waals surface area contributed by atoms with E-state index in [0.717, 1.165) is 4.48 Å². The van der Waals surface area contributed by atoms with E-state index in [9.17, 15) is 0 Å². The van der Waals surface area contributed by atoms with Gasteiger partial charge in [-0.3, -0.25) is 0 Å². The second kappa shape index (κ2) is 9.01. The lowest BCUT2D eigenvalue weighted by Crippen LogP contribution is -2.35. The zero-order valence-corrected chi connectivity index (χ0v) is 11.4. The molecule has 1 nitrogen and oxygen atoms in total. The van der Waals surface area contributed by atoms with Crippen LogP contribution in [0.5, 0.6) is 0 Å². The van der Waals surface area contributed by atoms with Gasteiger partial charge in [0.1, 0.15) is 0 Å². The fraction of sp³-hybridized carbons (Fsp3) is 1.00. The average Bonchev–Trinajstić information content (AvgIpc) is 1.94. The summed E-state index contributed by atoms with van der Waals surface area (Å²) in [5, 5.41) is 0. The normalized spacial score (nSPS) is 11.1. The molecule has 0 spiro atoms. The van der Waals surface area contributed by atoms with E-state index in [1.807, 2.05) is 0 Å². The molecule has 0 aliphatic rings. The van der Waals surface area contributed by atoms with Crippen molar-refractivity contribution >= 4 is 0 Å². The maximum atomic E-state index is 2.27. The van der Waals surface area contributed by atoms with Crippen molar-refractivity contribution in [3.05, 3.63) is 0 Å². The zero-order valence-electron chi connectivity index (χ0n) is 9.77. The summed E-state index contributed by atoms with van der Waals surface area (Å²) in [5.74, 6) is 0. The number of unbranched alkanes of at least 4 members (excludes halogenated alkanes) is 5. The molecule has 13 heavy (non-hydrogen) atoms. The Hall–Kier alpha value is 0.440. The first-order valence-electron chi connectivity index (χ1n) is 5.36. The van der Waals surface area contributed by atoms with Gasteiger partial charge in [-0.1, -0.05) is 32.6 Å². The Morgan fingerprint density at radius 3 is 1.69 bits per heavy atom. The van der Waals surface area contributed by atoms with Crippen molar-refractivity contribution in [1.82, 2.24) is 0 Å². The van der Waals surface area contributed by atoms with Gasteiger partial charge in [0.2, 0.25) is 0 Å². The first kappa shape index (κ1) is 15.9. The predicted octanol–water partition coefficient (Wildman–Crippen LogP) is 3.05. The molecule has 2 heteroatoms. The largest absolute Gasteiger partial charge is 1.00 e. The second-order valence-corrected chi connectivity index (χ2v) is 4.78. The van der Waals surface area contributed by atoms with Gasteiger partial charge in [0.15, 0.2) is 0 Å². The van der Waals surface area contributed by atoms with Gasteiger partial charge in [0.05, 0.1) is 27.7 Å². The molecule has 0 fully saturated rings. The van der Waals surface area contributed by atoms with E-state index in [2.05, 4.69) is 28.1 Å². The minimum Gasteiger partial charge on any atom is -0.331 e. The number of quaternary nitrogens is 1. The second-order valence-electron chi connectivity index (χ2n) is 4.78. The Kier molecular flexibility index (Phi) is 11.0. The molecule has 0 aromatic heterocycles. The number of halogens is 1. The highest BCUT2D eigenvalue weighted by Gasteiger charge is 2.04. The van der Waals surface area contributed by atoms with Gasteiger partial charge >= 0.3 is 17.0 Å². The van der Waals surface area contributed by atoms with Crippen molar-refractivity contribution in [3.8, 4) is 0 Å². The number of hydrogen-bond donors (Lipinski definition) is 0. The van der Waals surface area contributed by atoms with E-state index in [4.69, 9.17) is 0 Å². The molecule has 80 valence electrons. The lowest BCUT2D eigenvalue weighted by molar-refractivity contribution is -0.870. The molecule has 0 aromatic carbocycles. The summed E-state index contributed by atoms with van der Waals surface area (Å²) in [4.78, 5) is 0. The van der Waals surface area contributed by atoms with Crippen LogP contribution in [0, 0.1) is 17.0 Å². The van der Waals surface area contributed by atoms with Gasteiger partial charge in [-0.05, 0) is 12.8 Å². The number of rotatable bonds is 7. The third-order valence-corrected chi connectivity index (χ3v) is 2.18. The first-order valence-corrected chi connectivity index (χ1v) is 5.36. The van der Waals surface area contributed by atoms with Crippen molar-refractivity contribution < 1.29 is 21.5 Å². The lowest BCUT2D eigenvalue weighted by atomic mass is 10.1. The SMILES string of the molecule is CCCCCCCC[N+](C)(C)C.[Br+]. The fourth-order valence-electron chi connectivity index (χ4n) is 1.37. The number of nitrogens with zero attached hydrogens (tertiary/aromatic N) is 1. The topological polar surface area (TPSA) is 0 Å². The molecule has 0 atom stereocenters. The van der Waals surface area contributed by atoms with Crippen molar-refractivity contribution in [2.24, 2.45) is 0 Å². The van der Waals surface area contributed by atoms with Gasteiger partial charge in [-0.2, -0.15) is 0 Å². The van der Waals surface area contributed by atoms with Crippen LogP contribution in [-0.2, 0) is 0 Å². The summed E-state index contributed by atoms with van der Waals surface area (Å²) in [6, 6.07) is 0. The van der Waals surface area contributed by atoms with E-state index in [1.54, 1.807) is 0 Å². The van der Waals surface area contributed by atoms with Crippen molar-refractivity contribution in [1.29, 1.82) is 0 Å². The van der Waals surface area contributed by atoms with Crippen molar-refractivity contribution in [2.75, 3.05) is 27.7 Å². The Labute approximate surface area is 94.9 Å². The van der Waals surface area contributed by atoms with Crippen LogP contribution in [-0.4, -0.2) is 32.2 Å². The highest BCUT2D eigenvalue weighted by Crippen LogP contribution is 2.06. The summed E-state index contributed by atoms with van der Waals surface area (Å²) in [7, 11) is 6.81.